The number of nitrogens with zero attached hydrogens (tertiary/aromatic N) is 3. The first kappa shape index (κ1) is 16.0. The fourth-order valence-electron chi connectivity index (χ4n) is 2.73. The molecule has 1 heterocycles. The van der Waals surface area contributed by atoms with Crippen LogP contribution in [0.5, 0.6) is 0 Å². The Balaban J connectivity index is 2.35. The monoisotopic (exact) mass is 307 g/mol. The Morgan fingerprint density at radius 3 is 2.76 bits per heavy atom. The van der Waals surface area contributed by atoms with Crippen molar-refractivity contribution in [3.05, 3.63) is 29.3 Å². The molecule has 0 radical (unpaired) electrons. The van der Waals surface area contributed by atoms with Gasteiger partial charge in [-0.25, -0.2) is 8.42 Å². The van der Waals surface area contributed by atoms with Gasteiger partial charge in [-0.3, -0.25) is 0 Å². The lowest BCUT2D eigenvalue weighted by Crippen LogP contribution is -2.47. The fourth-order valence-corrected chi connectivity index (χ4v) is 4.36. The molecule has 1 aromatic carbocycles. The van der Waals surface area contributed by atoms with E-state index in [0.29, 0.717) is 11.1 Å². The van der Waals surface area contributed by atoms with Crippen LogP contribution in [0, 0.1) is 18.3 Å². The van der Waals surface area contributed by atoms with Gasteiger partial charge in [0.15, 0.2) is 0 Å². The summed E-state index contributed by atoms with van der Waals surface area (Å²) in [5, 5.41) is 8.98. The minimum atomic E-state index is -3.57. The molecule has 1 aromatic rings. The molecule has 0 spiro atoms. The topological polar surface area (TPSA) is 64.4 Å². The van der Waals surface area contributed by atoms with E-state index in [9.17, 15) is 8.42 Å². The van der Waals surface area contributed by atoms with Gasteiger partial charge in [0.2, 0.25) is 10.0 Å². The highest BCUT2D eigenvalue weighted by atomic mass is 32.2. The third-order valence-corrected chi connectivity index (χ3v) is 6.14. The van der Waals surface area contributed by atoms with Crippen LogP contribution in [0.3, 0.4) is 0 Å². The number of piperidine rings is 1. The molecule has 0 saturated carbocycles. The molecule has 2 rings (SSSR count). The lowest BCUT2D eigenvalue weighted by molar-refractivity contribution is 0.187. The van der Waals surface area contributed by atoms with Gasteiger partial charge >= 0.3 is 0 Å². The summed E-state index contributed by atoms with van der Waals surface area (Å²) in [5.41, 5.74) is 1.04. The molecular weight excluding hydrogens is 286 g/mol. The molecule has 0 aromatic heterocycles. The third-order valence-electron chi connectivity index (χ3n) is 4.09. The molecule has 0 aliphatic carbocycles. The molecule has 1 atom stereocenters. The largest absolute Gasteiger partial charge is 0.305 e. The van der Waals surface area contributed by atoms with Gasteiger partial charge in [-0.15, -0.1) is 0 Å². The molecule has 1 unspecified atom stereocenters. The average Bonchev–Trinajstić information content (AvgIpc) is 2.46. The van der Waals surface area contributed by atoms with Crippen molar-refractivity contribution in [3.63, 3.8) is 0 Å². The fraction of sp³-hybridized carbons (Fsp3) is 0.533. The SMILES string of the molecule is Cc1ccc(C#N)cc1S(=O)(=O)N(C)C1CCCN(C)C1. The van der Waals surface area contributed by atoms with Gasteiger partial charge in [0.1, 0.15) is 0 Å². The van der Waals surface area contributed by atoms with Crippen molar-refractivity contribution in [2.24, 2.45) is 0 Å². The summed E-state index contributed by atoms with van der Waals surface area (Å²) in [7, 11) is 0.0749. The molecule has 0 bridgehead atoms. The quantitative estimate of drug-likeness (QED) is 0.850. The molecule has 1 saturated heterocycles. The maximum absolute atomic E-state index is 12.8. The van der Waals surface area contributed by atoms with Crippen molar-refractivity contribution >= 4 is 10.0 Å². The van der Waals surface area contributed by atoms with Gasteiger partial charge < -0.3 is 4.90 Å². The van der Waals surface area contributed by atoms with E-state index in [-0.39, 0.29) is 10.9 Å². The van der Waals surface area contributed by atoms with Crippen molar-refractivity contribution in [2.45, 2.75) is 30.7 Å². The zero-order valence-corrected chi connectivity index (χ0v) is 13.5. The Kier molecular flexibility index (Phi) is 4.67. The third kappa shape index (κ3) is 3.26. The van der Waals surface area contributed by atoms with E-state index in [2.05, 4.69) is 4.90 Å². The van der Waals surface area contributed by atoms with E-state index in [4.69, 9.17) is 5.26 Å². The van der Waals surface area contributed by atoms with Gasteiger partial charge in [0.05, 0.1) is 16.5 Å². The van der Waals surface area contributed by atoms with E-state index in [1.807, 2.05) is 13.1 Å². The average molecular weight is 307 g/mol. The van der Waals surface area contributed by atoms with Crippen molar-refractivity contribution in [2.75, 3.05) is 27.2 Å². The Morgan fingerprint density at radius 2 is 2.14 bits per heavy atom. The lowest BCUT2D eigenvalue weighted by atomic mass is 10.1. The van der Waals surface area contributed by atoms with Gasteiger partial charge in [-0.05, 0) is 51.1 Å². The smallest absolute Gasteiger partial charge is 0.243 e. The number of benzene rings is 1. The van der Waals surface area contributed by atoms with Crippen LogP contribution in [0.25, 0.3) is 0 Å². The lowest BCUT2D eigenvalue weighted by Gasteiger charge is -2.35. The molecule has 5 nitrogen and oxygen atoms in total. The second kappa shape index (κ2) is 6.14. The highest BCUT2D eigenvalue weighted by molar-refractivity contribution is 7.89. The molecular formula is C15H21N3O2S. The standard InChI is InChI=1S/C15H21N3O2S/c1-12-6-7-13(10-16)9-15(12)21(19,20)18(3)14-5-4-8-17(2)11-14/h6-7,9,14H,4-5,8,11H2,1-3H3. The van der Waals surface area contributed by atoms with E-state index in [1.165, 1.54) is 10.4 Å². The van der Waals surface area contributed by atoms with Gasteiger partial charge in [0, 0.05) is 19.6 Å². The van der Waals surface area contributed by atoms with Crippen molar-refractivity contribution < 1.29 is 8.42 Å². The second-order valence-electron chi connectivity index (χ2n) is 5.67. The summed E-state index contributed by atoms with van der Waals surface area (Å²) in [6.07, 6.45) is 1.87. The highest BCUT2D eigenvalue weighted by Gasteiger charge is 2.31. The van der Waals surface area contributed by atoms with Gasteiger partial charge in [-0.2, -0.15) is 9.57 Å². The van der Waals surface area contributed by atoms with Crippen LogP contribution in [0.15, 0.2) is 23.1 Å². The van der Waals surface area contributed by atoms with Crippen LogP contribution >= 0.6 is 0 Å². The zero-order chi connectivity index (χ0) is 15.6. The predicted molar refractivity (Wildman–Crippen MR) is 81.4 cm³/mol. The summed E-state index contributed by atoms with van der Waals surface area (Å²) in [6, 6.07) is 6.78. The summed E-state index contributed by atoms with van der Waals surface area (Å²) in [5.74, 6) is 0. The van der Waals surface area contributed by atoms with Crippen molar-refractivity contribution in [1.29, 1.82) is 5.26 Å². The molecule has 0 N–H and O–H groups in total. The number of hydrogen-bond acceptors (Lipinski definition) is 4. The molecule has 1 aliphatic heterocycles. The molecule has 1 fully saturated rings. The first-order valence-electron chi connectivity index (χ1n) is 7.03. The Morgan fingerprint density at radius 1 is 1.43 bits per heavy atom. The molecule has 21 heavy (non-hydrogen) atoms. The van der Waals surface area contributed by atoms with Crippen LogP contribution in [0.4, 0.5) is 0 Å². The zero-order valence-electron chi connectivity index (χ0n) is 12.7. The Labute approximate surface area is 126 Å². The van der Waals surface area contributed by atoms with E-state index in [0.717, 1.165) is 25.9 Å². The Bertz CT molecular complexity index is 664. The van der Waals surface area contributed by atoms with Crippen molar-refractivity contribution in [3.8, 4) is 6.07 Å². The maximum atomic E-state index is 12.8. The summed E-state index contributed by atoms with van der Waals surface area (Å²) < 4.78 is 27.1. The number of likely N-dealkylation sites (tertiary alicyclic amines) is 1. The number of rotatable bonds is 3. The number of nitriles is 1. The first-order chi connectivity index (χ1) is 9.86. The number of hydrogen-bond donors (Lipinski definition) is 0. The minimum Gasteiger partial charge on any atom is -0.305 e. The van der Waals surface area contributed by atoms with Crippen LogP contribution in [0.1, 0.15) is 24.0 Å². The summed E-state index contributed by atoms with van der Waals surface area (Å²) in [4.78, 5) is 2.39. The van der Waals surface area contributed by atoms with E-state index < -0.39 is 10.0 Å². The maximum Gasteiger partial charge on any atom is 0.243 e. The van der Waals surface area contributed by atoms with Crippen LogP contribution in [0.2, 0.25) is 0 Å². The second-order valence-corrected chi connectivity index (χ2v) is 7.64. The molecule has 114 valence electrons. The van der Waals surface area contributed by atoms with Crippen LogP contribution in [-0.2, 0) is 10.0 Å². The van der Waals surface area contributed by atoms with Gasteiger partial charge in [-0.1, -0.05) is 6.07 Å². The molecule has 1 aliphatic rings. The first-order valence-corrected chi connectivity index (χ1v) is 8.47. The van der Waals surface area contributed by atoms with Crippen LogP contribution < -0.4 is 0 Å². The van der Waals surface area contributed by atoms with E-state index in [1.54, 1.807) is 26.1 Å². The van der Waals surface area contributed by atoms with Gasteiger partial charge in [0.25, 0.3) is 0 Å². The van der Waals surface area contributed by atoms with Crippen LogP contribution in [-0.4, -0.2) is 50.8 Å². The number of aryl methyl sites for hydroxylation is 1. The minimum absolute atomic E-state index is 0.0149. The normalized spacial score (nSPS) is 20.4. The number of sulfonamides is 1. The highest BCUT2D eigenvalue weighted by Crippen LogP contribution is 2.24. The summed E-state index contributed by atoms with van der Waals surface area (Å²) in [6.45, 7) is 3.51. The Hall–Kier alpha value is -1.42. The predicted octanol–water partition coefficient (Wildman–Crippen LogP) is 1.58. The van der Waals surface area contributed by atoms with Crippen molar-refractivity contribution in [1.82, 2.24) is 9.21 Å². The summed E-state index contributed by atoms with van der Waals surface area (Å²) >= 11 is 0. The van der Waals surface area contributed by atoms with E-state index >= 15 is 0 Å². The molecule has 6 heteroatoms. The number of likely N-dealkylation sites (N-methyl/N-ethyl adjacent to an activating group) is 2. The molecule has 0 amide bonds.